The highest BCUT2D eigenvalue weighted by Crippen LogP contribution is 2.19. The van der Waals surface area contributed by atoms with Crippen LogP contribution in [-0.2, 0) is 11.4 Å². The Bertz CT molecular complexity index is 418. The van der Waals surface area contributed by atoms with Crippen molar-refractivity contribution in [3.8, 4) is 5.88 Å². The predicted octanol–water partition coefficient (Wildman–Crippen LogP) is 2.73. The van der Waals surface area contributed by atoms with Crippen molar-refractivity contribution >= 4 is 33.5 Å². The summed E-state index contributed by atoms with van der Waals surface area (Å²) in [5.41, 5.74) is 0.767. The van der Waals surface area contributed by atoms with Crippen LogP contribution >= 0.6 is 15.9 Å². The molecule has 0 N–H and O–H groups in total. The number of ether oxygens (including phenoxy) is 1. The Morgan fingerprint density at radius 1 is 1.47 bits per heavy atom. The molecule has 0 saturated heterocycles. The van der Waals surface area contributed by atoms with Gasteiger partial charge < -0.3 is 9.29 Å². The molecule has 17 heavy (non-hydrogen) atoms. The molecule has 0 bridgehead atoms. The van der Waals surface area contributed by atoms with E-state index >= 15 is 0 Å². The zero-order valence-electron chi connectivity index (χ0n) is 10.2. The van der Waals surface area contributed by atoms with Gasteiger partial charge >= 0.3 is 0 Å². The molecule has 1 atom stereocenters. The van der Waals surface area contributed by atoms with E-state index in [0.717, 1.165) is 5.56 Å². The molecule has 0 aliphatic carbocycles. The molecule has 1 aromatic rings. The molecular formula is C11H15BrN2O2S. The summed E-state index contributed by atoms with van der Waals surface area (Å²) in [6.45, 7) is 5.63. The van der Waals surface area contributed by atoms with Crippen LogP contribution in [0.1, 0.15) is 26.3 Å². The molecule has 0 aromatic carbocycles. The molecule has 1 unspecified atom stereocenters. The SMILES string of the molecule is COc1ccc(/C=N/[S+]([O-])C(C)(C)C)c(Br)n1. The van der Waals surface area contributed by atoms with E-state index in [-0.39, 0.29) is 4.75 Å². The van der Waals surface area contributed by atoms with Crippen LogP contribution in [0.25, 0.3) is 0 Å². The van der Waals surface area contributed by atoms with Crippen molar-refractivity contribution in [3.63, 3.8) is 0 Å². The number of hydrogen-bond donors (Lipinski definition) is 0. The van der Waals surface area contributed by atoms with E-state index in [1.54, 1.807) is 25.5 Å². The Morgan fingerprint density at radius 2 is 2.12 bits per heavy atom. The molecule has 1 rings (SSSR count). The fourth-order valence-corrected chi connectivity index (χ4v) is 1.84. The molecule has 4 nitrogen and oxygen atoms in total. The predicted molar refractivity (Wildman–Crippen MR) is 74.0 cm³/mol. The summed E-state index contributed by atoms with van der Waals surface area (Å²) in [5.74, 6) is 0.519. The summed E-state index contributed by atoms with van der Waals surface area (Å²) in [7, 11) is 1.55. The largest absolute Gasteiger partial charge is 0.591 e. The van der Waals surface area contributed by atoms with Crippen molar-refractivity contribution in [2.45, 2.75) is 25.5 Å². The molecule has 6 heteroatoms. The molecule has 0 radical (unpaired) electrons. The topological polar surface area (TPSA) is 57.5 Å². The van der Waals surface area contributed by atoms with E-state index in [1.165, 1.54) is 0 Å². The maximum atomic E-state index is 11.7. The van der Waals surface area contributed by atoms with Crippen LogP contribution < -0.4 is 4.74 Å². The van der Waals surface area contributed by atoms with Crippen LogP contribution in [0.2, 0.25) is 0 Å². The third-order valence-electron chi connectivity index (χ3n) is 1.87. The van der Waals surface area contributed by atoms with Crippen LogP contribution in [0, 0.1) is 0 Å². The van der Waals surface area contributed by atoms with E-state index in [2.05, 4.69) is 25.3 Å². The lowest BCUT2D eigenvalue weighted by atomic mass is 10.3. The fourth-order valence-electron chi connectivity index (χ4n) is 0.901. The van der Waals surface area contributed by atoms with Crippen LogP contribution in [0.3, 0.4) is 0 Å². The van der Waals surface area contributed by atoms with E-state index in [9.17, 15) is 4.55 Å². The molecule has 0 aliphatic heterocycles. The van der Waals surface area contributed by atoms with Crippen LogP contribution in [0.4, 0.5) is 0 Å². The second-order valence-corrected chi connectivity index (χ2v) is 7.01. The number of methoxy groups -OCH3 is 1. The third-order valence-corrected chi connectivity index (χ3v) is 3.85. The zero-order chi connectivity index (χ0) is 13.1. The Hall–Kier alpha value is -0.590. The van der Waals surface area contributed by atoms with Crippen molar-refractivity contribution in [1.82, 2.24) is 4.98 Å². The minimum Gasteiger partial charge on any atom is -0.591 e. The van der Waals surface area contributed by atoms with Gasteiger partial charge in [-0.15, -0.1) is 0 Å². The highest BCUT2D eigenvalue weighted by Gasteiger charge is 2.25. The van der Waals surface area contributed by atoms with Gasteiger partial charge in [-0.1, -0.05) is 4.40 Å². The molecule has 0 fully saturated rings. The number of aromatic nitrogens is 1. The van der Waals surface area contributed by atoms with E-state index in [1.807, 2.05) is 20.8 Å². The van der Waals surface area contributed by atoms with Gasteiger partial charge in [0.25, 0.3) is 0 Å². The number of hydrogen-bond acceptors (Lipinski definition) is 4. The number of nitrogens with zero attached hydrogens (tertiary/aromatic N) is 2. The van der Waals surface area contributed by atoms with Gasteiger partial charge in [0.15, 0.2) is 0 Å². The molecule has 0 amide bonds. The van der Waals surface area contributed by atoms with Gasteiger partial charge in [0.1, 0.15) is 20.7 Å². The van der Waals surface area contributed by atoms with E-state index in [0.29, 0.717) is 10.5 Å². The van der Waals surface area contributed by atoms with Crippen molar-refractivity contribution in [2.75, 3.05) is 7.11 Å². The van der Waals surface area contributed by atoms with Crippen LogP contribution in [-0.4, -0.2) is 27.6 Å². The maximum Gasteiger partial charge on any atom is 0.214 e. The average Bonchev–Trinajstić information content (AvgIpc) is 2.25. The van der Waals surface area contributed by atoms with Crippen molar-refractivity contribution in [1.29, 1.82) is 0 Å². The summed E-state index contributed by atoms with van der Waals surface area (Å²) < 4.78 is 21.0. The fraction of sp³-hybridized carbons (Fsp3) is 0.455. The third kappa shape index (κ3) is 4.29. The Labute approximate surface area is 113 Å². The normalized spacial score (nSPS) is 14.0. The lowest BCUT2D eigenvalue weighted by molar-refractivity contribution is 0.397. The van der Waals surface area contributed by atoms with Gasteiger partial charge in [-0.2, -0.15) is 0 Å². The summed E-state index contributed by atoms with van der Waals surface area (Å²) in [6.07, 6.45) is 1.55. The lowest BCUT2D eigenvalue weighted by Crippen LogP contribution is -2.25. The number of halogens is 1. The van der Waals surface area contributed by atoms with Crippen molar-refractivity contribution < 1.29 is 9.29 Å². The molecule has 0 spiro atoms. The van der Waals surface area contributed by atoms with Gasteiger partial charge in [0.05, 0.1) is 13.3 Å². The molecular weight excluding hydrogens is 304 g/mol. The molecule has 1 heterocycles. The molecule has 0 aliphatic rings. The Morgan fingerprint density at radius 3 is 2.59 bits per heavy atom. The van der Waals surface area contributed by atoms with Crippen LogP contribution in [0.15, 0.2) is 21.1 Å². The first kappa shape index (κ1) is 14.5. The Balaban J connectivity index is 2.85. The maximum absolute atomic E-state index is 11.7. The van der Waals surface area contributed by atoms with Crippen LogP contribution in [0.5, 0.6) is 5.88 Å². The van der Waals surface area contributed by atoms with Gasteiger partial charge in [0, 0.05) is 11.6 Å². The van der Waals surface area contributed by atoms with E-state index < -0.39 is 11.4 Å². The van der Waals surface area contributed by atoms with Crippen molar-refractivity contribution in [2.24, 2.45) is 4.40 Å². The molecule has 0 saturated carbocycles. The summed E-state index contributed by atoms with van der Waals surface area (Å²) >= 11 is 2.04. The first-order chi connectivity index (χ1) is 7.84. The Kier molecular flexibility index (Phi) is 4.97. The highest BCUT2D eigenvalue weighted by atomic mass is 79.9. The monoisotopic (exact) mass is 318 g/mol. The standard InChI is InChI=1S/C11H15BrN2O2S/c1-11(2,3)17(15)13-7-8-5-6-9(16-4)14-10(8)12/h5-7H,1-4H3/b13-7+. The average molecular weight is 319 g/mol. The van der Waals surface area contributed by atoms with Gasteiger partial charge in [-0.25, -0.2) is 4.98 Å². The van der Waals surface area contributed by atoms with Gasteiger partial charge in [-0.3, -0.25) is 0 Å². The summed E-state index contributed by atoms with van der Waals surface area (Å²) in [5, 5.41) is 0. The van der Waals surface area contributed by atoms with E-state index in [4.69, 9.17) is 4.74 Å². The van der Waals surface area contributed by atoms with Crippen molar-refractivity contribution in [3.05, 3.63) is 22.3 Å². The second kappa shape index (κ2) is 5.84. The zero-order valence-corrected chi connectivity index (χ0v) is 12.6. The van der Waals surface area contributed by atoms with Gasteiger partial charge in [-0.05, 0) is 42.8 Å². The smallest absolute Gasteiger partial charge is 0.214 e. The number of rotatable bonds is 3. The highest BCUT2D eigenvalue weighted by molar-refractivity contribution is 9.10. The summed E-state index contributed by atoms with van der Waals surface area (Å²) in [4.78, 5) is 4.14. The first-order valence-corrected chi connectivity index (χ1v) is 6.91. The minimum atomic E-state index is -1.26. The summed E-state index contributed by atoms with van der Waals surface area (Å²) in [6, 6.07) is 3.53. The molecule has 1 aromatic heterocycles. The lowest BCUT2D eigenvalue weighted by Gasteiger charge is -2.17. The minimum absolute atomic E-state index is 0.358. The van der Waals surface area contributed by atoms with Gasteiger partial charge in [0.2, 0.25) is 5.88 Å². The quantitative estimate of drug-likeness (QED) is 0.489. The molecule has 94 valence electrons. The number of pyridine rings is 1. The first-order valence-electron chi connectivity index (χ1n) is 5.01. The second-order valence-electron chi connectivity index (χ2n) is 4.33.